The Kier molecular flexibility index (Phi) is 4.91. The Morgan fingerprint density at radius 1 is 1.04 bits per heavy atom. The molecule has 1 fully saturated rings. The van der Waals surface area contributed by atoms with Crippen molar-refractivity contribution in [2.45, 2.75) is 6.54 Å². The third-order valence-corrected chi connectivity index (χ3v) is 5.33. The SMILES string of the molecule is Cl.Cn1ncc2cc(-n3ccc4c(CN5CCOCC5)cccc43)ccc21. The van der Waals surface area contributed by atoms with Gasteiger partial charge in [0.1, 0.15) is 0 Å². The third-order valence-electron chi connectivity index (χ3n) is 5.33. The Hall–Kier alpha value is -2.34. The van der Waals surface area contributed by atoms with Gasteiger partial charge in [-0.15, -0.1) is 12.4 Å². The molecule has 4 aromatic rings. The predicted octanol–water partition coefficient (Wildman–Crippen LogP) is 3.77. The molecule has 3 heterocycles. The minimum Gasteiger partial charge on any atom is -0.379 e. The number of rotatable bonds is 3. The quantitative estimate of drug-likeness (QED) is 0.541. The van der Waals surface area contributed by atoms with Gasteiger partial charge in [-0.05, 0) is 35.9 Å². The van der Waals surface area contributed by atoms with E-state index in [-0.39, 0.29) is 12.4 Å². The van der Waals surface area contributed by atoms with E-state index in [1.54, 1.807) is 0 Å². The van der Waals surface area contributed by atoms with E-state index in [1.165, 1.54) is 22.2 Å². The first kappa shape index (κ1) is 18.0. The van der Waals surface area contributed by atoms with Crippen molar-refractivity contribution in [1.29, 1.82) is 0 Å². The Morgan fingerprint density at radius 3 is 2.74 bits per heavy atom. The number of morpholine rings is 1. The molecule has 0 radical (unpaired) electrons. The molecule has 27 heavy (non-hydrogen) atoms. The molecule has 1 aliphatic rings. The van der Waals surface area contributed by atoms with Gasteiger partial charge in [-0.3, -0.25) is 9.58 Å². The van der Waals surface area contributed by atoms with Crippen LogP contribution in [0.2, 0.25) is 0 Å². The van der Waals surface area contributed by atoms with Crippen LogP contribution in [0.25, 0.3) is 27.5 Å². The zero-order chi connectivity index (χ0) is 17.5. The highest BCUT2D eigenvalue weighted by Crippen LogP contribution is 2.26. The minimum atomic E-state index is 0. The first-order chi connectivity index (χ1) is 12.8. The molecule has 6 heteroatoms. The lowest BCUT2D eigenvalue weighted by atomic mass is 10.1. The smallest absolute Gasteiger partial charge is 0.0680 e. The van der Waals surface area contributed by atoms with Crippen LogP contribution >= 0.6 is 12.4 Å². The number of hydrogen-bond acceptors (Lipinski definition) is 3. The highest BCUT2D eigenvalue weighted by atomic mass is 35.5. The van der Waals surface area contributed by atoms with Crippen molar-refractivity contribution in [3.8, 4) is 5.69 Å². The number of benzene rings is 2. The maximum Gasteiger partial charge on any atom is 0.0680 e. The van der Waals surface area contributed by atoms with E-state index in [1.807, 2.05) is 17.9 Å². The van der Waals surface area contributed by atoms with Crippen LogP contribution in [0.1, 0.15) is 5.56 Å². The van der Waals surface area contributed by atoms with E-state index in [9.17, 15) is 0 Å². The van der Waals surface area contributed by atoms with Crippen LogP contribution < -0.4 is 0 Å². The van der Waals surface area contributed by atoms with Gasteiger partial charge in [0.25, 0.3) is 0 Å². The minimum absolute atomic E-state index is 0. The Morgan fingerprint density at radius 2 is 1.89 bits per heavy atom. The molecule has 5 nitrogen and oxygen atoms in total. The molecule has 0 N–H and O–H groups in total. The van der Waals surface area contributed by atoms with Crippen LogP contribution in [0.5, 0.6) is 0 Å². The topological polar surface area (TPSA) is 35.2 Å². The second kappa shape index (κ2) is 7.35. The molecule has 2 aromatic carbocycles. The van der Waals surface area contributed by atoms with E-state index in [0.29, 0.717) is 0 Å². The van der Waals surface area contributed by atoms with E-state index < -0.39 is 0 Å². The van der Waals surface area contributed by atoms with Gasteiger partial charge < -0.3 is 9.30 Å². The van der Waals surface area contributed by atoms with Crippen LogP contribution in [0.4, 0.5) is 0 Å². The van der Waals surface area contributed by atoms with Crippen molar-refractivity contribution < 1.29 is 4.74 Å². The maximum atomic E-state index is 5.47. The van der Waals surface area contributed by atoms with Crippen LogP contribution in [-0.2, 0) is 18.3 Å². The van der Waals surface area contributed by atoms with Crippen molar-refractivity contribution in [3.63, 3.8) is 0 Å². The monoisotopic (exact) mass is 382 g/mol. The lowest BCUT2D eigenvalue weighted by Crippen LogP contribution is -2.35. The van der Waals surface area contributed by atoms with Crippen molar-refractivity contribution in [1.82, 2.24) is 19.2 Å². The van der Waals surface area contributed by atoms with E-state index in [0.717, 1.165) is 43.8 Å². The summed E-state index contributed by atoms with van der Waals surface area (Å²) in [6.07, 6.45) is 4.10. The third kappa shape index (κ3) is 3.23. The van der Waals surface area contributed by atoms with Crippen LogP contribution in [0.15, 0.2) is 54.9 Å². The highest BCUT2D eigenvalue weighted by Gasteiger charge is 2.14. The molecule has 5 rings (SSSR count). The predicted molar refractivity (Wildman–Crippen MR) is 111 cm³/mol. The lowest BCUT2D eigenvalue weighted by Gasteiger charge is -2.26. The molecule has 1 saturated heterocycles. The van der Waals surface area contributed by atoms with E-state index >= 15 is 0 Å². The molecule has 0 bridgehead atoms. The van der Waals surface area contributed by atoms with Gasteiger partial charge in [-0.2, -0.15) is 5.10 Å². The summed E-state index contributed by atoms with van der Waals surface area (Å²) < 4.78 is 9.65. The molecule has 0 amide bonds. The number of fused-ring (bicyclic) bond motifs is 2. The largest absolute Gasteiger partial charge is 0.379 e. The number of ether oxygens (including phenoxy) is 1. The van der Waals surface area contributed by atoms with Crippen LogP contribution in [0.3, 0.4) is 0 Å². The number of aryl methyl sites for hydroxylation is 1. The molecule has 0 atom stereocenters. The van der Waals surface area contributed by atoms with Crippen molar-refractivity contribution >= 4 is 34.2 Å². The molecular weight excluding hydrogens is 360 g/mol. The molecule has 0 spiro atoms. The fourth-order valence-electron chi connectivity index (χ4n) is 3.90. The Balaban J connectivity index is 0.00000180. The molecule has 0 aliphatic carbocycles. The molecule has 1 aliphatic heterocycles. The molecular formula is C21H23ClN4O. The zero-order valence-corrected chi connectivity index (χ0v) is 16.2. The van der Waals surface area contributed by atoms with Gasteiger partial charge in [0.05, 0.1) is 30.4 Å². The summed E-state index contributed by atoms with van der Waals surface area (Å²) in [5, 5.41) is 6.84. The fourth-order valence-corrected chi connectivity index (χ4v) is 3.90. The van der Waals surface area contributed by atoms with Crippen molar-refractivity contribution in [2.24, 2.45) is 7.05 Å². The summed E-state index contributed by atoms with van der Waals surface area (Å²) in [4.78, 5) is 2.47. The standard InChI is InChI=1S/C21H22N4O.ClH/c1-23-20-6-5-18(13-17(20)14-22-23)25-8-7-19-16(3-2-4-21(19)25)15-24-9-11-26-12-10-24;/h2-8,13-14H,9-12,15H2,1H3;1H. The first-order valence-corrected chi connectivity index (χ1v) is 9.11. The lowest BCUT2D eigenvalue weighted by molar-refractivity contribution is 0.0344. The van der Waals surface area contributed by atoms with E-state index in [2.05, 4.69) is 63.2 Å². The highest BCUT2D eigenvalue weighted by molar-refractivity contribution is 5.87. The normalized spacial score (nSPS) is 15.3. The summed E-state index contributed by atoms with van der Waals surface area (Å²) in [5.74, 6) is 0. The summed E-state index contributed by atoms with van der Waals surface area (Å²) >= 11 is 0. The number of hydrogen-bond donors (Lipinski definition) is 0. The fraction of sp³-hybridized carbons (Fsp3) is 0.286. The van der Waals surface area contributed by atoms with Gasteiger partial charge in [0.2, 0.25) is 0 Å². The average molecular weight is 383 g/mol. The van der Waals surface area contributed by atoms with Crippen molar-refractivity contribution in [3.05, 3.63) is 60.4 Å². The maximum absolute atomic E-state index is 5.47. The van der Waals surface area contributed by atoms with Crippen LogP contribution in [-0.4, -0.2) is 45.6 Å². The summed E-state index contributed by atoms with van der Waals surface area (Å²) in [6, 6.07) is 15.4. The van der Waals surface area contributed by atoms with Gasteiger partial charge in [0, 0.05) is 49.3 Å². The Bertz CT molecular complexity index is 1080. The average Bonchev–Trinajstić information content (AvgIpc) is 3.27. The van der Waals surface area contributed by atoms with Gasteiger partial charge >= 0.3 is 0 Å². The Labute approximate surface area is 164 Å². The van der Waals surface area contributed by atoms with Gasteiger partial charge in [-0.25, -0.2) is 0 Å². The second-order valence-corrected chi connectivity index (χ2v) is 6.94. The van der Waals surface area contributed by atoms with E-state index in [4.69, 9.17) is 4.74 Å². The molecule has 0 saturated carbocycles. The van der Waals surface area contributed by atoms with Crippen LogP contribution in [0, 0.1) is 0 Å². The van der Waals surface area contributed by atoms with Gasteiger partial charge in [-0.1, -0.05) is 12.1 Å². The zero-order valence-electron chi connectivity index (χ0n) is 15.3. The number of halogens is 1. The first-order valence-electron chi connectivity index (χ1n) is 9.11. The second-order valence-electron chi connectivity index (χ2n) is 6.94. The number of aromatic nitrogens is 3. The number of nitrogens with zero attached hydrogens (tertiary/aromatic N) is 4. The summed E-state index contributed by atoms with van der Waals surface area (Å²) in [5.41, 5.74) is 4.95. The van der Waals surface area contributed by atoms with Gasteiger partial charge in [0.15, 0.2) is 0 Å². The summed E-state index contributed by atoms with van der Waals surface area (Å²) in [6.45, 7) is 4.67. The van der Waals surface area contributed by atoms with Crippen molar-refractivity contribution in [2.75, 3.05) is 26.3 Å². The molecule has 0 unspecified atom stereocenters. The molecule has 140 valence electrons. The molecule has 2 aromatic heterocycles. The summed E-state index contributed by atoms with van der Waals surface area (Å²) in [7, 11) is 1.98.